The van der Waals surface area contributed by atoms with Crippen LogP contribution >= 0.6 is 0 Å². The Labute approximate surface area is 606 Å². The van der Waals surface area contributed by atoms with E-state index in [1.165, 1.54) is 411 Å². The zero-order valence-electron chi connectivity index (χ0n) is 66.3. The molecule has 0 rings (SSSR count). The lowest BCUT2D eigenvalue weighted by Crippen LogP contribution is -2.44. The van der Waals surface area contributed by atoms with E-state index in [2.05, 4.69) is 26.0 Å². The summed E-state index contributed by atoms with van der Waals surface area (Å²) in [6.45, 7) is 4.85. The molecular formula is C88H171NO8. The molecule has 9 nitrogen and oxygen atoms in total. The third-order valence-corrected chi connectivity index (χ3v) is 20.5. The lowest BCUT2D eigenvalue weighted by Gasteiger charge is -2.26. The van der Waals surface area contributed by atoms with Gasteiger partial charge in [0.25, 0.3) is 0 Å². The van der Waals surface area contributed by atoms with Crippen molar-refractivity contribution < 1.29 is 42.9 Å². The highest BCUT2D eigenvalue weighted by Gasteiger charge is 2.22. The maximum atomic E-state index is 13.0. The first-order chi connectivity index (χ1) is 47.6. The van der Waals surface area contributed by atoms with Gasteiger partial charge in [0.15, 0.2) is 12.4 Å². The summed E-state index contributed by atoms with van der Waals surface area (Å²) in [5.41, 5.74) is 0. The van der Waals surface area contributed by atoms with Crippen molar-refractivity contribution in [2.24, 2.45) is 0 Å². The smallest absolute Gasteiger partial charge is 0.306 e. The van der Waals surface area contributed by atoms with Gasteiger partial charge in [0.1, 0.15) is 13.2 Å². The molecule has 0 spiro atoms. The number of aliphatic carboxylic acids is 1. The van der Waals surface area contributed by atoms with Crippen molar-refractivity contribution in [3.8, 4) is 0 Å². The summed E-state index contributed by atoms with van der Waals surface area (Å²) in [7, 11) is 5.96. The second kappa shape index (κ2) is 79.7. The summed E-state index contributed by atoms with van der Waals surface area (Å²) in [6.07, 6.45) is 98.1. The van der Waals surface area contributed by atoms with Crippen molar-refractivity contribution in [3.05, 3.63) is 12.2 Å². The van der Waals surface area contributed by atoms with Crippen LogP contribution in [0, 0.1) is 0 Å². The number of carbonyl (C=O) groups excluding carboxylic acids is 3. The fourth-order valence-electron chi connectivity index (χ4n) is 13.8. The third kappa shape index (κ3) is 81.2. The molecule has 0 aliphatic carbocycles. The summed E-state index contributed by atoms with van der Waals surface area (Å²) in [5, 5.41) is 11.9. The number of ether oxygens (including phenoxy) is 4. The first-order valence-corrected chi connectivity index (χ1v) is 43.8. The van der Waals surface area contributed by atoms with Crippen LogP contribution in [0.5, 0.6) is 0 Å². The highest BCUT2D eigenvalue weighted by atomic mass is 16.7. The minimum atomic E-state index is -1.62. The van der Waals surface area contributed by atoms with Crippen LogP contribution in [0.15, 0.2) is 12.2 Å². The van der Waals surface area contributed by atoms with E-state index >= 15 is 0 Å². The molecule has 0 fully saturated rings. The monoisotopic (exact) mass is 1370 g/mol. The van der Waals surface area contributed by atoms with Crippen molar-refractivity contribution in [1.82, 2.24) is 0 Å². The van der Waals surface area contributed by atoms with Gasteiger partial charge < -0.3 is 33.3 Å². The van der Waals surface area contributed by atoms with Crippen molar-refractivity contribution in [2.75, 3.05) is 47.5 Å². The Morgan fingerprint density at radius 1 is 0.299 bits per heavy atom. The van der Waals surface area contributed by atoms with Gasteiger partial charge >= 0.3 is 11.9 Å². The molecule has 9 heteroatoms. The molecular weight excluding hydrogens is 1200 g/mol. The molecule has 0 radical (unpaired) electrons. The van der Waals surface area contributed by atoms with E-state index in [-0.39, 0.29) is 32.2 Å². The van der Waals surface area contributed by atoms with Crippen LogP contribution < -0.4 is 5.11 Å². The number of quaternary nitrogens is 1. The van der Waals surface area contributed by atoms with Gasteiger partial charge in [-0.05, 0) is 38.5 Å². The fourth-order valence-corrected chi connectivity index (χ4v) is 13.8. The Hall–Kier alpha value is -1.97. The predicted octanol–water partition coefficient (Wildman–Crippen LogP) is 26.9. The van der Waals surface area contributed by atoms with Gasteiger partial charge in [-0.2, -0.15) is 0 Å². The zero-order valence-corrected chi connectivity index (χ0v) is 66.3. The van der Waals surface area contributed by atoms with E-state index in [1.807, 2.05) is 21.1 Å². The van der Waals surface area contributed by atoms with Crippen LogP contribution in [0.25, 0.3) is 0 Å². The molecule has 0 bridgehead atoms. The largest absolute Gasteiger partial charge is 0.545 e. The van der Waals surface area contributed by atoms with Crippen LogP contribution in [0.3, 0.4) is 0 Å². The van der Waals surface area contributed by atoms with Gasteiger partial charge in [-0.25, -0.2) is 0 Å². The summed E-state index contributed by atoms with van der Waals surface area (Å²) in [6, 6.07) is 0. The Morgan fingerprint density at radius 3 is 0.763 bits per heavy atom. The number of carbonyl (C=O) groups is 3. The lowest BCUT2D eigenvalue weighted by atomic mass is 10.0. The standard InChI is InChI=1S/C88H171NO8/c1-6-8-10-12-14-16-18-20-22-24-26-28-30-32-34-36-38-40-41-42-43-44-45-47-49-51-53-55-57-59-61-63-65-67-69-71-73-75-77-79-86(91)97-84(83-96-88(87(92)93)94-81-80-89(3,4)5)82-95-85(90)78-76-74-72-70-68-66-64-62-60-58-56-54-52-50-48-46-39-37-35-33-31-29-27-25-23-21-19-17-15-13-11-9-7-2/h24,26,84,88H,6-23,25,27-83H2,1-5H3/b26-24-. The van der Waals surface area contributed by atoms with Crippen LogP contribution in [0.2, 0.25) is 0 Å². The molecule has 0 saturated heterocycles. The molecule has 97 heavy (non-hydrogen) atoms. The van der Waals surface area contributed by atoms with E-state index in [0.717, 1.165) is 38.5 Å². The molecule has 0 aliphatic rings. The Morgan fingerprint density at radius 2 is 0.526 bits per heavy atom. The number of hydrogen-bond acceptors (Lipinski definition) is 8. The summed E-state index contributed by atoms with van der Waals surface area (Å²) in [4.78, 5) is 37.7. The zero-order chi connectivity index (χ0) is 70.4. The second-order valence-corrected chi connectivity index (χ2v) is 31.5. The van der Waals surface area contributed by atoms with Gasteiger partial charge in [-0.15, -0.1) is 0 Å². The number of esters is 2. The normalized spacial score (nSPS) is 12.5. The van der Waals surface area contributed by atoms with Crippen molar-refractivity contribution in [3.63, 3.8) is 0 Å². The summed E-state index contributed by atoms with van der Waals surface area (Å²) < 4.78 is 22.9. The molecule has 0 aromatic rings. The van der Waals surface area contributed by atoms with Crippen LogP contribution in [0.4, 0.5) is 0 Å². The van der Waals surface area contributed by atoms with Crippen molar-refractivity contribution >= 4 is 17.9 Å². The Balaban J connectivity index is 3.89. The second-order valence-electron chi connectivity index (χ2n) is 31.5. The molecule has 576 valence electrons. The molecule has 0 aliphatic heterocycles. The Bertz CT molecular complexity index is 1600. The summed E-state index contributed by atoms with van der Waals surface area (Å²) in [5.74, 6) is -2.24. The Kier molecular flexibility index (Phi) is 78.1. The van der Waals surface area contributed by atoms with Gasteiger partial charge in [0, 0.05) is 12.8 Å². The van der Waals surface area contributed by atoms with E-state index < -0.39 is 24.3 Å². The maximum absolute atomic E-state index is 13.0. The average molecular weight is 1370 g/mol. The lowest BCUT2D eigenvalue weighted by molar-refractivity contribution is -0.870. The number of likely N-dealkylation sites (N-methyl/N-ethyl adjacent to an activating group) is 1. The topological polar surface area (TPSA) is 111 Å². The molecule has 0 saturated carbocycles. The van der Waals surface area contributed by atoms with E-state index in [0.29, 0.717) is 17.4 Å². The van der Waals surface area contributed by atoms with Crippen molar-refractivity contribution in [2.45, 2.75) is 489 Å². The minimum absolute atomic E-state index is 0.153. The van der Waals surface area contributed by atoms with Gasteiger partial charge in [0.05, 0.1) is 40.3 Å². The van der Waals surface area contributed by atoms with Crippen LogP contribution in [-0.2, 0) is 33.3 Å². The highest BCUT2D eigenvalue weighted by molar-refractivity contribution is 5.70. The molecule has 0 aromatic carbocycles. The van der Waals surface area contributed by atoms with E-state index in [4.69, 9.17) is 18.9 Å². The molecule has 0 heterocycles. The van der Waals surface area contributed by atoms with Crippen LogP contribution in [-0.4, -0.2) is 82.3 Å². The number of nitrogens with zero attached hydrogens (tertiary/aromatic N) is 1. The average Bonchev–Trinajstić information content (AvgIpc) is 2.39. The predicted molar refractivity (Wildman–Crippen MR) is 417 cm³/mol. The maximum Gasteiger partial charge on any atom is 0.306 e. The molecule has 0 amide bonds. The third-order valence-electron chi connectivity index (χ3n) is 20.5. The molecule has 2 unspecified atom stereocenters. The number of unbranched alkanes of at least 4 members (excludes halogenated alkanes) is 67. The van der Waals surface area contributed by atoms with Gasteiger partial charge in [-0.1, -0.05) is 437 Å². The van der Waals surface area contributed by atoms with E-state index in [1.54, 1.807) is 0 Å². The van der Waals surface area contributed by atoms with Crippen molar-refractivity contribution in [1.29, 1.82) is 0 Å². The molecule has 0 N–H and O–H groups in total. The first-order valence-electron chi connectivity index (χ1n) is 43.8. The number of allylic oxidation sites excluding steroid dienone is 2. The number of hydrogen-bond donors (Lipinski definition) is 0. The molecule has 2 atom stereocenters. The number of rotatable bonds is 84. The van der Waals surface area contributed by atoms with Crippen LogP contribution in [0.1, 0.15) is 476 Å². The number of carboxylic acids is 1. The summed E-state index contributed by atoms with van der Waals surface area (Å²) >= 11 is 0. The quantitative estimate of drug-likeness (QED) is 0.0195. The van der Waals surface area contributed by atoms with Gasteiger partial charge in [0.2, 0.25) is 0 Å². The van der Waals surface area contributed by atoms with E-state index in [9.17, 15) is 19.5 Å². The fraction of sp³-hybridized carbons (Fsp3) is 0.943. The minimum Gasteiger partial charge on any atom is -0.545 e. The van der Waals surface area contributed by atoms with Gasteiger partial charge in [-0.3, -0.25) is 9.59 Å². The highest BCUT2D eigenvalue weighted by Crippen LogP contribution is 2.21. The first kappa shape index (κ1) is 95.0. The number of carboxylic acid groups (broad SMARTS) is 1. The molecule has 0 aromatic heterocycles. The SMILES string of the molecule is CCCCCCCCCC/C=C\CCCCCCCCCCCCCCCCCCCCCCCCCCCCCC(=O)OC(COC(=O)CCCCCCCCCCCCCCCCCCCCCCCCCCCCCCCCCCC)COC(OCC[N+](C)(C)C)C(=O)[O-].